The maximum atomic E-state index is 3.58. The predicted molar refractivity (Wildman–Crippen MR) is 78.0 cm³/mol. The fraction of sp³-hybridized carbons (Fsp3) is 0.375. The number of hydrogen-bond acceptors (Lipinski definition) is 2. The number of benzene rings is 2. The first kappa shape index (κ1) is 11.5. The van der Waals surface area contributed by atoms with Crippen molar-refractivity contribution in [3.8, 4) is 0 Å². The molecule has 1 saturated carbocycles. The summed E-state index contributed by atoms with van der Waals surface area (Å²) in [6.07, 6.45) is 2.68. The molecule has 0 atom stereocenters. The van der Waals surface area contributed by atoms with Crippen LogP contribution in [-0.2, 0) is 0 Å². The molecular weight excluding hydrogens is 220 g/mol. The van der Waals surface area contributed by atoms with Crippen LogP contribution in [0.4, 0.5) is 5.69 Å². The van der Waals surface area contributed by atoms with Crippen LogP contribution in [0.2, 0.25) is 0 Å². The summed E-state index contributed by atoms with van der Waals surface area (Å²) in [5, 5.41) is 9.49. The van der Waals surface area contributed by atoms with Crippen LogP contribution in [0.1, 0.15) is 12.8 Å². The summed E-state index contributed by atoms with van der Waals surface area (Å²) < 4.78 is 0. The summed E-state index contributed by atoms with van der Waals surface area (Å²) in [5.74, 6) is 0. The molecule has 0 saturated heterocycles. The fourth-order valence-electron chi connectivity index (χ4n) is 2.56. The highest BCUT2D eigenvalue weighted by Gasteiger charge is 2.41. The molecule has 1 fully saturated rings. The molecule has 2 aromatic carbocycles. The van der Waals surface area contributed by atoms with Crippen molar-refractivity contribution in [3.63, 3.8) is 0 Å². The van der Waals surface area contributed by atoms with Gasteiger partial charge in [0.25, 0.3) is 0 Å². The SMILES string of the molecule is CNCC1(CNc2ccc3ccccc3c2)CC1. The second kappa shape index (κ2) is 4.62. The highest BCUT2D eigenvalue weighted by atomic mass is 14.9. The molecule has 0 unspecified atom stereocenters. The monoisotopic (exact) mass is 240 g/mol. The lowest BCUT2D eigenvalue weighted by Crippen LogP contribution is -2.26. The van der Waals surface area contributed by atoms with Gasteiger partial charge in [-0.05, 0) is 42.8 Å². The summed E-state index contributed by atoms with van der Waals surface area (Å²) >= 11 is 0. The zero-order valence-electron chi connectivity index (χ0n) is 10.9. The topological polar surface area (TPSA) is 24.1 Å². The Bertz CT molecular complexity index is 544. The van der Waals surface area contributed by atoms with Crippen molar-refractivity contribution in [2.24, 2.45) is 5.41 Å². The number of fused-ring (bicyclic) bond motifs is 1. The quantitative estimate of drug-likeness (QED) is 0.838. The van der Waals surface area contributed by atoms with Gasteiger partial charge in [-0.3, -0.25) is 0 Å². The third-order valence-electron chi connectivity index (χ3n) is 3.93. The Balaban J connectivity index is 1.71. The number of nitrogens with one attached hydrogen (secondary N) is 2. The number of anilines is 1. The molecule has 94 valence electrons. The lowest BCUT2D eigenvalue weighted by atomic mass is 10.1. The summed E-state index contributed by atoms with van der Waals surface area (Å²) in [5.41, 5.74) is 1.73. The van der Waals surface area contributed by atoms with Gasteiger partial charge < -0.3 is 10.6 Å². The third-order valence-corrected chi connectivity index (χ3v) is 3.93. The molecule has 2 nitrogen and oxygen atoms in total. The normalized spacial score (nSPS) is 16.7. The van der Waals surface area contributed by atoms with Gasteiger partial charge in [-0.2, -0.15) is 0 Å². The zero-order chi connectivity index (χ0) is 12.4. The lowest BCUT2D eigenvalue weighted by molar-refractivity contribution is 0.507. The van der Waals surface area contributed by atoms with E-state index in [1.807, 2.05) is 7.05 Å². The first-order chi connectivity index (χ1) is 8.81. The Morgan fingerprint density at radius 1 is 1.00 bits per heavy atom. The molecule has 0 aromatic heterocycles. The van der Waals surface area contributed by atoms with Crippen molar-refractivity contribution in [2.75, 3.05) is 25.5 Å². The molecule has 2 heteroatoms. The van der Waals surface area contributed by atoms with E-state index in [0.717, 1.165) is 13.1 Å². The largest absolute Gasteiger partial charge is 0.384 e. The van der Waals surface area contributed by atoms with Crippen LogP contribution in [0.5, 0.6) is 0 Å². The summed E-state index contributed by atoms with van der Waals surface area (Å²) in [7, 11) is 2.04. The Labute approximate surface area is 108 Å². The van der Waals surface area contributed by atoms with E-state index in [1.165, 1.54) is 29.3 Å². The maximum absolute atomic E-state index is 3.58. The van der Waals surface area contributed by atoms with Crippen LogP contribution in [0.15, 0.2) is 42.5 Å². The first-order valence-corrected chi connectivity index (χ1v) is 6.69. The molecule has 0 aliphatic heterocycles. The van der Waals surface area contributed by atoms with Gasteiger partial charge in [0.1, 0.15) is 0 Å². The molecule has 0 heterocycles. The zero-order valence-corrected chi connectivity index (χ0v) is 10.9. The third kappa shape index (κ3) is 2.34. The summed E-state index contributed by atoms with van der Waals surface area (Å²) in [4.78, 5) is 0. The molecule has 1 aliphatic carbocycles. The van der Waals surface area contributed by atoms with Crippen molar-refractivity contribution in [1.29, 1.82) is 0 Å². The highest BCUT2D eigenvalue weighted by molar-refractivity contribution is 5.85. The molecule has 0 radical (unpaired) electrons. The van der Waals surface area contributed by atoms with Crippen molar-refractivity contribution in [2.45, 2.75) is 12.8 Å². The average molecular weight is 240 g/mol. The molecule has 0 bridgehead atoms. The standard InChI is InChI=1S/C16H20N2/c1-17-11-16(8-9-16)12-18-15-7-6-13-4-2-3-5-14(13)10-15/h2-7,10,17-18H,8-9,11-12H2,1H3. The Morgan fingerprint density at radius 2 is 1.78 bits per heavy atom. The van der Waals surface area contributed by atoms with Crippen molar-refractivity contribution >= 4 is 16.5 Å². The highest BCUT2D eigenvalue weighted by Crippen LogP contribution is 2.44. The number of rotatable bonds is 5. The van der Waals surface area contributed by atoms with Crippen LogP contribution in [0.3, 0.4) is 0 Å². The lowest BCUT2D eigenvalue weighted by Gasteiger charge is -2.16. The van der Waals surface area contributed by atoms with E-state index >= 15 is 0 Å². The van der Waals surface area contributed by atoms with Crippen molar-refractivity contribution in [1.82, 2.24) is 5.32 Å². The smallest absolute Gasteiger partial charge is 0.0346 e. The van der Waals surface area contributed by atoms with Gasteiger partial charge in [-0.15, -0.1) is 0 Å². The molecule has 0 amide bonds. The minimum absolute atomic E-state index is 0.500. The fourth-order valence-corrected chi connectivity index (χ4v) is 2.56. The van der Waals surface area contributed by atoms with Crippen LogP contribution in [-0.4, -0.2) is 20.1 Å². The minimum Gasteiger partial charge on any atom is -0.384 e. The first-order valence-electron chi connectivity index (χ1n) is 6.69. The molecule has 1 aliphatic rings. The van der Waals surface area contributed by atoms with E-state index < -0.39 is 0 Å². The molecule has 18 heavy (non-hydrogen) atoms. The summed E-state index contributed by atoms with van der Waals surface area (Å²) in [6, 6.07) is 15.1. The van der Waals surface area contributed by atoms with Crippen molar-refractivity contribution in [3.05, 3.63) is 42.5 Å². The van der Waals surface area contributed by atoms with Gasteiger partial charge in [-0.1, -0.05) is 30.3 Å². The summed E-state index contributed by atoms with van der Waals surface area (Å²) in [6.45, 7) is 2.19. The number of hydrogen-bond donors (Lipinski definition) is 2. The Morgan fingerprint density at radius 3 is 2.50 bits per heavy atom. The second-order valence-corrected chi connectivity index (χ2v) is 5.45. The Hall–Kier alpha value is -1.54. The van der Waals surface area contributed by atoms with Crippen molar-refractivity contribution < 1.29 is 0 Å². The molecule has 2 aromatic rings. The molecule has 2 N–H and O–H groups in total. The van der Waals surface area contributed by atoms with Gasteiger partial charge in [0.05, 0.1) is 0 Å². The van der Waals surface area contributed by atoms with Crippen LogP contribution in [0.25, 0.3) is 10.8 Å². The molecular formula is C16H20N2. The van der Waals surface area contributed by atoms with E-state index in [4.69, 9.17) is 0 Å². The van der Waals surface area contributed by atoms with Gasteiger partial charge in [0.15, 0.2) is 0 Å². The Kier molecular flexibility index (Phi) is 2.96. The molecule has 3 rings (SSSR count). The average Bonchev–Trinajstić information content (AvgIpc) is 3.17. The van der Waals surface area contributed by atoms with Gasteiger partial charge in [0, 0.05) is 24.2 Å². The predicted octanol–water partition coefficient (Wildman–Crippen LogP) is 3.25. The van der Waals surface area contributed by atoms with Gasteiger partial charge in [-0.25, -0.2) is 0 Å². The van der Waals surface area contributed by atoms with Crippen LogP contribution < -0.4 is 10.6 Å². The van der Waals surface area contributed by atoms with E-state index in [2.05, 4.69) is 53.1 Å². The minimum atomic E-state index is 0.500. The molecule has 0 spiro atoms. The van der Waals surface area contributed by atoms with Gasteiger partial charge >= 0.3 is 0 Å². The van der Waals surface area contributed by atoms with E-state index in [9.17, 15) is 0 Å². The van der Waals surface area contributed by atoms with E-state index in [-0.39, 0.29) is 0 Å². The van der Waals surface area contributed by atoms with E-state index in [1.54, 1.807) is 0 Å². The van der Waals surface area contributed by atoms with Crippen LogP contribution >= 0.6 is 0 Å². The van der Waals surface area contributed by atoms with E-state index in [0.29, 0.717) is 5.41 Å². The second-order valence-electron chi connectivity index (χ2n) is 5.45. The van der Waals surface area contributed by atoms with Crippen LogP contribution in [0, 0.1) is 5.41 Å². The maximum Gasteiger partial charge on any atom is 0.0346 e. The van der Waals surface area contributed by atoms with Gasteiger partial charge in [0.2, 0.25) is 0 Å².